The molecule has 2 heterocycles. The van der Waals surface area contributed by atoms with E-state index in [1.165, 1.54) is 0 Å². The lowest BCUT2D eigenvalue weighted by Crippen LogP contribution is -2.42. The van der Waals surface area contributed by atoms with Crippen molar-refractivity contribution in [3.8, 4) is 17.2 Å². The molecule has 1 aromatic rings. The third kappa shape index (κ3) is 3.43. The van der Waals surface area contributed by atoms with Crippen LogP contribution < -0.4 is 19.5 Å². The zero-order valence-corrected chi connectivity index (χ0v) is 13.7. The number of amides is 1. The highest BCUT2D eigenvalue weighted by molar-refractivity contribution is 5.79. The molecule has 0 spiro atoms. The number of carbonyl (C=O) groups is 1. The molecule has 1 saturated heterocycles. The van der Waals surface area contributed by atoms with Crippen LogP contribution >= 0.6 is 0 Å². The lowest BCUT2D eigenvalue weighted by molar-refractivity contribution is -0.126. The van der Waals surface area contributed by atoms with Gasteiger partial charge >= 0.3 is 0 Å². The maximum absolute atomic E-state index is 12.1. The highest BCUT2D eigenvalue weighted by Crippen LogP contribution is 2.36. The molecule has 1 N–H and O–H groups in total. The third-order valence-corrected chi connectivity index (χ3v) is 4.97. The predicted molar refractivity (Wildman–Crippen MR) is 86.3 cm³/mol. The van der Waals surface area contributed by atoms with Crippen LogP contribution in [-0.2, 0) is 9.53 Å². The summed E-state index contributed by atoms with van der Waals surface area (Å²) in [6.07, 6.45) is 4.83. The van der Waals surface area contributed by atoms with E-state index in [1.807, 2.05) is 18.2 Å². The van der Waals surface area contributed by atoms with Crippen molar-refractivity contribution < 1.29 is 23.7 Å². The number of benzene rings is 1. The highest BCUT2D eigenvalue weighted by Gasteiger charge is 2.28. The van der Waals surface area contributed by atoms with Crippen LogP contribution in [0.1, 0.15) is 32.1 Å². The molecule has 0 bridgehead atoms. The Hall–Kier alpha value is -1.95. The summed E-state index contributed by atoms with van der Waals surface area (Å²) in [6, 6.07) is 5.94. The largest absolute Gasteiger partial charge is 0.490 e. The summed E-state index contributed by atoms with van der Waals surface area (Å²) in [4.78, 5) is 12.1. The average Bonchev–Trinajstić information content (AvgIpc) is 3.27. The number of hydrogen-bond donors (Lipinski definition) is 1. The molecule has 4 rings (SSSR count). The van der Waals surface area contributed by atoms with Gasteiger partial charge in [-0.1, -0.05) is 0 Å². The Labute approximate surface area is 141 Å². The van der Waals surface area contributed by atoms with E-state index in [-0.39, 0.29) is 30.8 Å². The van der Waals surface area contributed by atoms with E-state index < -0.39 is 0 Å². The summed E-state index contributed by atoms with van der Waals surface area (Å²) >= 11 is 0. The SMILES string of the molecule is O=C(NC1CCC(Oc2ccc3c(c2)OCO3)CC1)C1CCOC1. The Morgan fingerprint density at radius 2 is 1.92 bits per heavy atom. The summed E-state index contributed by atoms with van der Waals surface area (Å²) in [6.45, 7) is 1.54. The molecule has 130 valence electrons. The molecule has 1 saturated carbocycles. The Kier molecular flexibility index (Phi) is 4.47. The standard InChI is InChI=1S/C18H23NO5/c20-18(12-7-8-21-10-12)19-13-1-3-14(4-2-13)24-15-5-6-16-17(9-15)23-11-22-16/h5-6,9,12-14H,1-4,7-8,10-11H2,(H,19,20). The molecule has 1 unspecified atom stereocenters. The fraction of sp³-hybridized carbons (Fsp3) is 0.611. The van der Waals surface area contributed by atoms with Crippen LogP contribution in [0.25, 0.3) is 0 Å². The van der Waals surface area contributed by atoms with Crippen LogP contribution in [-0.4, -0.2) is 38.1 Å². The molecule has 1 aliphatic carbocycles. The number of hydrogen-bond acceptors (Lipinski definition) is 5. The Bertz CT molecular complexity index is 591. The predicted octanol–water partition coefficient (Wildman–Crippen LogP) is 2.26. The summed E-state index contributed by atoms with van der Waals surface area (Å²) in [5.74, 6) is 2.51. The van der Waals surface area contributed by atoms with E-state index in [0.29, 0.717) is 13.2 Å². The van der Waals surface area contributed by atoms with Crippen molar-refractivity contribution in [3.05, 3.63) is 18.2 Å². The van der Waals surface area contributed by atoms with Gasteiger partial charge < -0.3 is 24.3 Å². The quantitative estimate of drug-likeness (QED) is 0.915. The topological polar surface area (TPSA) is 66.0 Å². The number of carbonyl (C=O) groups excluding carboxylic acids is 1. The van der Waals surface area contributed by atoms with Crippen molar-refractivity contribution >= 4 is 5.91 Å². The van der Waals surface area contributed by atoms with Crippen molar-refractivity contribution in [1.29, 1.82) is 0 Å². The fourth-order valence-electron chi connectivity index (χ4n) is 3.53. The van der Waals surface area contributed by atoms with Crippen molar-refractivity contribution in [2.24, 2.45) is 5.92 Å². The molecule has 0 aromatic heterocycles. The maximum Gasteiger partial charge on any atom is 0.231 e. The molecule has 2 aliphatic heterocycles. The molecule has 6 nitrogen and oxygen atoms in total. The monoisotopic (exact) mass is 333 g/mol. The second-order valence-corrected chi connectivity index (χ2v) is 6.68. The van der Waals surface area contributed by atoms with E-state index in [2.05, 4.69) is 5.32 Å². The molecular formula is C18H23NO5. The highest BCUT2D eigenvalue weighted by atomic mass is 16.7. The van der Waals surface area contributed by atoms with Gasteiger partial charge in [0.2, 0.25) is 12.7 Å². The molecule has 6 heteroatoms. The minimum absolute atomic E-state index is 0.0348. The summed E-state index contributed by atoms with van der Waals surface area (Å²) in [5.41, 5.74) is 0. The van der Waals surface area contributed by atoms with E-state index >= 15 is 0 Å². The van der Waals surface area contributed by atoms with E-state index in [4.69, 9.17) is 18.9 Å². The zero-order chi connectivity index (χ0) is 16.4. The van der Waals surface area contributed by atoms with Gasteiger partial charge in [-0.25, -0.2) is 0 Å². The normalized spacial score (nSPS) is 28.6. The van der Waals surface area contributed by atoms with Gasteiger partial charge in [-0.05, 0) is 44.2 Å². The first kappa shape index (κ1) is 15.6. The average molecular weight is 333 g/mol. The number of ether oxygens (including phenoxy) is 4. The van der Waals surface area contributed by atoms with Gasteiger partial charge in [0.1, 0.15) is 5.75 Å². The Balaban J connectivity index is 1.25. The second-order valence-electron chi connectivity index (χ2n) is 6.68. The van der Waals surface area contributed by atoms with Gasteiger partial charge in [0.15, 0.2) is 11.5 Å². The Morgan fingerprint density at radius 1 is 1.08 bits per heavy atom. The molecule has 3 aliphatic rings. The lowest BCUT2D eigenvalue weighted by atomic mass is 9.92. The van der Waals surface area contributed by atoms with Crippen molar-refractivity contribution in [3.63, 3.8) is 0 Å². The molecule has 1 aromatic carbocycles. The molecule has 2 fully saturated rings. The van der Waals surface area contributed by atoms with Gasteiger partial charge in [-0.3, -0.25) is 4.79 Å². The summed E-state index contributed by atoms with van der Waals surface area (Å²) in [5, 5.41) is 3.17. The smallest absolute Gasteiger partial charge is 0.231 e. The van der Waals surface area contributed by atoms with Gasteiger partial charge in [0.05, 0.1) is 18.6 Å². The third-order valence-electron chi connectivity index (χ3n) is 4.97. The summed E-state index contributed by atoms with van der Waals surface area (Å²) < 4.78 is 22.0. The van der Waals surface area contributed by atoms with E-state index in [9.17, 15) is 4.79 Å². The molecular weight excluding hydrogens is 310 g/mol. The van der Waals surface area contributed by atoms with Gasteiger partial charge in [0, 0.05) is 18.7 Å². The van der Waals surface area contributed by atoms with Gasteiger partial charge in [-0.2, -0.15) is 0 Å². The minimum atomic E-state index is 0.0348. The number of rotatable bonds is 4. The van der Waals surface area contributed by atoms with Crippen molar-refractivity contribution in [2.45, 2.75) is 44.2 Å². The van der Waals surface area contributed by atoms with E-state index in [0.717, 1.165) is 49.4 Å². The first-order valence-corrected chi connectivity index (χ1v) is 8.72. The van der Waals surface area contributed by atoms with Gasteiger partial charge in [-0.15, -0.1) is 0 Å². The fourth-order valence-corrected chi connectivity index (χ4v) is 3.53. The number of fused-ring (bicyclic) bond motifs is 1. The van der Waals surface area contributed by atoms with Gasteiger partial charge in [0.25, 0.3) is 0 Å². The first-order chi connectivity index (χ1) is 11.8. The molecule has 0 radical (unpaired) electrons. The minimum Gasteiger partial charge on any atom is -0.490 e. The van der Waals surface area contributed by atoms with Crippen LogP contribution in [0.3, 0.4) is 0 Å². The lowest BCUT2D eigenvalue weighted by Gasteiger charge is -2.30. The number of nitrogens with one attached hydrogen (secondary N) is 1. The van der Waals surface area contributed by atoms with Crippen LogP contribution in [0.15, 0.2) is 18.2 Å². The Morgan fingerprint density at radius 3 is 2.71 bits per heavy atom. The van der Waals surface area contributed by atoms with Crippen LogP contribution in [0.5, 0.6) is 17.2 Å². The van der Waals surface area contributed by atoms with Crippen LogP contribution in [0.2, 0.25) is 0 Å². The molecule has 1 atom stereocenters. The van der Waals surface area contributed by atoms with E-state index in [1.54, 1.807) is 0 Å². The molecule has 24 heavy (non-hydrogen) atoms. The van der Waals surface area contributed by atoms with Crippen LogP contribution in [0.4, 0.5) is 0 Å². The zero-order valence-electron chi connectivity index (χ0n) is 13.7. The first-order valence-electron chi connectivity index (χ1n) is 8.72. The van der Waals surface area contributed by atoms with Crippen molar-refractivity contribution in [1.82, 2.24) is 5.32 Å². The maximum atomic E-state index is 12.1. The molecule has 1 amide bonds. The van der Waals surface area contributed by atoms with Crippen molar-refractivity contribution in [2.75, 3.05) is 20.0 Å². The summed E-state index contributed by atoms with van der Waals surface area (Å²) in [7, 11) is 0. The second kappa shape index (κ2) is 6.89. The van der Waals surface area contributed by atoms with Crippen LogP contribution in [0, 0.1) is 5.92 Å².